The fourth-order valence-corrected chi connectivity index (χ4v) is 3.72. The zero-order chi connectivity index (χ0) is 22.2. The second-order valence-corrected chi connectivity index (χ2v) is 7.54. The normalized spacial score (nSPS) is 14.2. The maximum Gasteiger partial charge on any atom is 0.293 e. The zero-order valence-electron chi connectivity index (χ0n) is 17.6. The number of anilines is 2. The number of morpholine rings is 1. The number of halogens is 1. The number of rotatable bonds is 4. The van der Waals surface area contributed by atoms with Crippen molar-refractivity contribution in [1.29, 1.82) is 0 Å². The lowest BCUT2D eigenvalue weighted by atomic mass is 10.1. The van der Waals surface area contributed by atoms with Crippen molar-refractivity contribution >= 4 is 23.1 Å². The van der Waals surface area contributed by atoms with Crippen molar-refractivity contribution in [1.82, 2.24) is 19.4 Å². The molecule has 4 heterocycles. The number of hydrogen-bond donors (Lipinski definition) is 1. The van der Waals surface area contributed by atoms with Gasteiger partial charge in [0.15, 0.2) is 5.89 Å². The standard InChI is InChI=1S/C22H21FN6O3/c1-13-20(32-14(2)25-13)21(30)26-15-3-4-18(23)17(9-15)19-12-29-11-16(10-24-22(29)27-19)28-5-7-31-8-6-28/h3-4,9-12H,5-8H2,1-2H3,(H,26,30). The molecule has 10 heteroatoms. The summed E-state index contributed by atoms with van der Waals surface area (Å²) < 4.78 is 27.2. The maximum atomic E-state index is 14.6. The molecule has 1 N–H and O–H groups in total. The molecule has 0 atom stereocenters. The first-order chi connectivity index (χ1) is 15.5. The van der Waals surface area contributed by atoms with Gasteiger partial charge in [-0.15, -0.1) is 0 Å². The Bertz CT molecular complexity index is 1310. The first-order valence-corrected chi connectivity index (χ1v) is 10.2. The van der Waals surface area contributed by atoms with Gasteiger partial charge in [-0.3, -0.25) is 9.20 Å². The molecule has 0 unspecified atom stereocenters. The van der Waals surface area contributed by atoms with Crippen LogP contribution in [0.1, 0.15) is 22.1 Å². The maximum absolute atomic E-state index is 14.6. The van der Waals surface area contributed by atoms with Crippen LogP contribution in [0.2, 0.25) is 0 Å². The number of carbonyl (C=O) groups excluding carboxylic acids is 1. The lowest BCUT2D eigenvalue weighted by Crippen LogP contribution is -2.36. The van der Waals surface area contributed by atoms with Crippen molar-refractivity contribution in [3.63, 3.8) is 0 Å². The van der Waals surface area contributed by atoms with E-state index in [-0.39, 0.29) is 11.3 Å². The van der Waals surface area contributed by atoms with Crippen LogP contribution in [-0.4, -0.2) is 51.6 Å². The Morgan fingerprint density at radius 1 is 1.16 bits per heavy atom. The molecule has 5 rings (SSSR count). The largest absolute Gasteiger partial charge is 0.436 e. The van der Waals surface area contributed by atoms with Crippen molar-refractivity contribution < 1.29 is 18.3 Å². The molecule has 0 saturated carbocycles. The van der Waals surface area contributed by atoms with Crippen molar-refractivity contribution in [3.05, 3.63) is 60.0 Å². The number of oxazole rings is 1. The SMILES string of the molecule is Cc1nc(C)c(C(=O)Nc2ccc(F)c(-c3cn4cc(N5CCOCC5)cnc4n3)c2)o1. The number of ether oxygens (including phenoxy) is 1. The van der Waals surface area contributed by atoms with Crippen LogP contribution in [0.3, 0.4) is 0 Å². The topological polar surface area (TPSA) is 97.8 Å². The Labute approximate surface area is 182 Å². The van der Waals surface area contributed by atoms with Gasteiger partial charge in [0, 0.05) is 43.7 Å². The Kier molecular flexibility index (Phi) is 5.06. The summed E-state index contributed by atoms with van der Waals surface area (Å²) in [6.45, 7) is 6.27. The van der Waals surface area contributed by atoms with Gasteiger partial charge in [0.1, 0.15) is 5.82 Å². The highest BCUT2D eigenvalue weighted by atomic mass is 19.1. The smallest absolute Gasteiger partial charge is 0.293 e. The highest BCUT2D eigenvalue weighted by molar-refractivity contribution is 6.03. The Balaban J connectivity index is 1.43. The van der Waals surface area contributed by atoms with Crippen molar-refractivity contribution in [3.8, 4) is 11.3 Å². The van der Waals surface area contributed by atoms with Crippen LogP contribution in [0.5, 0.6) is 0 Å². The van der Waals surface area contributed by atoms with Crippen molar-refractivity contribution in [2.24, 2.45) is 0 Å². The lowest BCUT2D eigenvalue weighted by molar-refractivity contribution is 0.0994. The van der Waals surface area contributed by atoms with Crippen molar-refractivity contribution in [2.75, 3.05) is 36.5 Å². The lowest BCUT2D eigenvalue weighted by Gasteiger charge is -2.28. The molecule has 0 bridgehead atoms. The van der Waals surface area contributed by atoms with Gasteiger partial charge in [-0.2, -0.15) is 0 Å². The second-order valence-electron chi connectivity index (χ2n) is 7.54. The van der Waals surface area contributed by atoms with Gasteiger partial charge in [0.05, 0.1) is 36.5 Å². The third kappa shape index (κ3) is 3.80. The minimum absolute atomic E-state index is 0.126. The third-order valence-corrected chi connectivity index (χ3v) is 5.28. The number of nitrogens with one attached hydrogen (secondary N) is 1. The van der Waals surface area contributed by atoms with E-state index < -0.39 is 11.7 Å². The average molecular weight is 436 g/mol. The van der Waals surface area contributed by atoms with Crippen LogP contribution in [0.4, 0.5) is 15.8 Å². The molecule has 0 radical (unpaired) electrons. The number of aromatic nitrogens is 4. The number of fused-ring (bicyclic) bond motifs is 1. The number of benzene rings is 1. The van der Waals surface area contributed by atoms with E-state index >= 15 is 0 Å². The van der Waals surface area contributed by atoms with E-state index in [1.54, 1.807) is 30.6 Å². The van der Waals surface area contributed by atoms with E-state index in [2.05, 4.69) is 25.2 Å². The number of hydrogen-bond acceptors (Lipinski definition) is 7. The van der Waals surface area contributed by atoms with E-state index in [1.807, 2.05) is 6.20 Å². The first kappa shape index (κ1) is 20.1. The molecule has 4 aromatic rings. The average Bonchev–Trinajstić information content (AvgIpc) is 3.37. The van der Waals surface area contributed by atoms with Gasteiger partial charge in [-0.05, 0) is 25.1 Å². The molecule has 32 heavy (non-hydrogen) atoms. The van der Waals surface area contributed by atoms with E-state index in [0.717, 1.165) is 18.8 Å². The molecular weight excluding hydrogens is 415 g/mol. The predicted molar refractivity (Wildman–Crippen MR) is 115 cm³/mol. The van der Waals surface area contributed by atoms with Gasteiger partial charge in [0.25, 0.3) is 5.91 Å². The summed E-state index contributed by atoms with van der Waals surface area (Å²) in [5.41, 5.74) is 2.52. The summed E-state index contributed by atoms with van der Waals surface area (Å²) >= 11 is 0. The first-order valence-electron chi connectivity index (χ1n) is 10.2. The minimum atomic E-state index is -0.452. The van der Waals surface area contributed by atoms with E-state index in [9.17, 15) is 9.18 Å². The summed E-state index contributed by atoms with van der Waals surface area (Å²) in [6.07, 6.45) is 5.40. The number of carbonyl (C=O) groups is 1. The van der Waals surface area contributed by atoms with Crippen LogP contribution >= 0.6 is 0 Å². The van der Waals surface area contributed by atoms with Gasteiger partial charge < -0.3 is 19.4 Å². The van der Waals surface area contributed by atoms with Crippen LogP contribution in [0, 0.1) is 19.7 Å². The molecule has 0 aliphatic carbocycles. The molecule has 1 saturated heterocycles. The molecule has 1 aromatic carbocycles. The summed E-state index contributed by atoms with van der Waals surface area (Å²) in [4.78, 5) is 27.7. The molecule has 1 aliphatic heterocycles. The summed E-state index contributed by atoms with van der Waals surface area (Å²) in [7, 11) is 0. The van der Waals surface area contributed by atoms with E-state index in [4.69, 9.17) is 9.15 Å². The highest BCUT2D eigenvalue weighted by Gasteiger charge is 2.18. The minimum Gasteiger partial charge on any atom is -0.436 e. The van der Waals surface area contributed by atoms with Crippen LogP contribution < -0.4 is 10.2 Å². The van der Waals surface area contributed by atoms with Gasteiger partial charge in [-0.1, -0.05) is 0 Å². The molecule has 164 valence electrons. The van der Waals surface area contributed by atoms with Crippen LogP contribution in [-0.2, 0) is 4.74 Å². The molecule has 3 aromatic heterocycles. The number of nitrogens with zero attached hydrogens (tertiary/aromatic N) is 5. The quantitative estimate of drug-likeness (QED) is 0.524. The fraction of sp³-hybridized carbons (Fsp3) is 0.273. The van der Waals surface area contributed by atoms with Gasteiger partial charge >= 0.3 is 0 Å². The zero-order valence-corrected chi connectivity index (χ0v) is 17.6. The Hall–Kier alpha value is -3.79. The molecule has 1 fully saturated rings. The fourth-order valence-electron chi connectivity index (χ4n) is 3.72. The Morgan fingerprint density at radius 3 is 2.72 bits per heavy atom. The predicted octanol–water partition coefficient (Wildman–Crippen LogP) is 3.23. The molecule has 1 amide bonds. The van der Waals surface area contributed by atoms with Crippen molar-refractivity contribution in [2.45, 2.75) is 13.8 Å². The van der Waals surface area contributed by atoms with Crippen LogP contribution in [0.25, 0.3) is 17.0 Å². The van der Waals surface area contributed by atoms with Crippen LogP contribution in [0.15, 0.2) is 41.2 Å². The summed E-state index contributed by atoms with van der Waals surface area (Å²) in [5.74, 6) is 0.0830. The molecular formula is C22H21FN6O3. The van der Waals surface area contributed by atoms with E-state index in [0.29, 0.717) is 42.0 Å². The summed E-state index contributed by atoms with van der Waals surface area (Å²) in [5, 5.41) is 2.73. The third-order valence-electron chi connectivity index (χ3n) is 5.28. The van der Waals surface area contributed by atoms with Gasteiger partial charge in [-0.25, -0.2) is 19.3 Å². The summed E-state index contributed by atoms with van der Waals surface area (Å²) in [6, 6.07) is 4.32. The van der Waals surface area contributed by atoms with E-state index in [1.165, 1.54) is 18.2 Å². The number of aryl methyl sites for hydroxylation is 2. The number of amides is 1. The monoisotopic (exact) mass is 436 g/mol. The molecule has 0 spiro atoms. The molecule has 1 aliphatic rings. The second kappa shape index (κ2) is 8.04. The Morgan fingerprint density at radius 2 is 1.97 bits per heavy atom. The highest BCUT2D eigenvalue weighted by Crippen LogP contribution is 2.27. The molecule has 9 nitrogen and oxygen atoms in total. The van der Waals surface area contributed by atoms with Gasteiger partial charge in [0.2, 0.25) is 11.5 Å². The number of imidazole rings is 1.